The molecule has 1 saturated carbocycles. The Labute approximate surface area is 151 Å². The zero-order chi connectivity index (χ0) is 17.3. The molecule has 2 aliphatic rings. The molecule has 1 amide bonds. The van der Waals surface area contributed by atoms with Gasteiger partial charge in [-0.15, -0.1) is 0 Å². The molecule has 25 heavy (non-hydrogen) atoms. The molecule has 4 rings (SSSR count). The summed E-state index contributed by atoms with van der Waals surface area (Å²) in [6.45, 7) is 2.04. The van der Waals surface area contributed by atoms with Crippen molar-refractivity contribution in [1.29, 1.82) is 0 Å². The molecule has 0 N–H and O–H groups in total. The number of halogens is 1. The van der Waals surface area contributed by atoms with E-state index in [2.05, 4.69) is 11.4 Å². The van der Waals surface area contributed by atoms with Crippen LogP contribution in [-0.4, -0.2) is 30.1 Å². The standard InChI is InChI=1S/C20H22FNO2S/c21-17-5-3-16(4-6-17)20(8-9-20)19(23)22(12-15-7-11-25-14-15)13-18-2-1-10-24-18/h3-7,11,14,18H,1-2,8-10,12-13H2. The first-order chi connectivity index (χ1) is 12.2. The van der Waals surface area contributed by atoms with Crippen LogP contribution in [0.15, 0.2) is 41.1 Å². The summed E-state index contributed by atoms with van der Waals surface area (Å²) >= 11 is 1.65. The van der Waals surface area contributed by atoms with Gasteiger partial charge in [0, 0.05) is 19.7 Å². The highest BCUT2D eigenvalue weighted by atomic mass is 32.1. The quantitative estimate of drug-likeness (QED) is 0.776. The number of nitrogens with zero attached hydrogens (tertiary/aromatic N) is 1. The highest BCUT2D eigenvalue weighted by molar-refractivity contribution is 7.07. The van der Waals surface area contributed by atoms with Crippen LogP contribution in [0.1, 0.15) is 36.8 Å². The largest absolute Gasteiger partial charge is 0.376 e. The third kappa shape index (κ3) is 3.48. The highest BCUT2D eigenvalue weighted by Gasteiger charge is 2.53. The number of carbonyl (C=O) groups excluding carboxylic acids is 1. The lowest BCUT2D eigenvalue weighted by Crippen LogP contribution is -2.42. The van der Waals surface area contributed by atoms with Crippen molar-refractivity contribution in [1.82, 2.24) is 4.90 Å². The van der Waals surface area contributed by atoms with Crippen molar-refractivity contribution < 1.29 is 13.9 Å². The van der Waals surface area contributed by atoms with Crippen LogP contribution in [0, 0.1) is 5.82 Å². The lowest BCUT2D eigenvalue weighted by atomic mass is 9.94. The third-order valence-corrected chi connectivity index (χ3v) is 5.98. The first kappa shape index (κ1) is 16.7. The number of rotatable bonds is 6. The topological polar surface area (TPSA) is 29.5 Å². The normalized spacial score (nSPS) is 21.2. The molecule has 1 atom stereocenters. The molecular weight excluding hydrogens is 337 g/mol. The molecule has 0 spiro atoms. The fourth-order valence-corrected chi connectivity index (χ4v) is 4.34. The van der Waals surface area contributed by atoms with Crippen LogP contribution in [0.2, 0.25) is 0 Å². The maximum Gasteiger partial charge on any atom is 0.233 e. The second-order valence-electron chi connectivity index (χ2n) is 7.04. The monoisotopic (exact) mass is 359 g/mol. The summed E-state index contributed by atoms with van der Waals surface area (Å²) in [6.07, 6.45) is 3.88. The van der Waals surface area contributed by atoms with E-state index in [4.69, 9.17) is 4.74 Å². The Bertz CT molecular complexity index is 719. The predicted molar refractivity (Wildman–Crippen MR) is 96.0 cm³/mol. The summed E-state index contributed by atoms with van der Waals surface area (Å²) in [5.41, 5.74) is 1.62. The summed E-state index contributed by atoms with van der Waals surface area (Å²) in [7, 11) is 0. The van der Waals surface area contributed by atoms with Gasteiger partial charge in [0.1, 0.15) is 5.82 Å². The molecular formula is C20H22FNO2S. The van der Waals surface area contributed by atoms with Crippen LogP contribution in [0.4, 0.5) is 4.39 Å². The number of amides is 1. The van der Waals surface area contributed by atoms with Crippen LogP contribution in [0.5, 0.6) is 0 Å². The summed E-state index contributed by atoms with van der Waals surface area (Å²) in [4.78, 5) is 15.4. The number of thiophene rings is 1. The van der Waals surface area contributed by atoms with Gasteiger partial charge in [0.05, 0.1) is 11.5 Å². The SMILES string of the molecule is O=C(N(Cc1ccsc1)CC1CCCO1)C1(c2ccc(F)cc2)CC1. The Hall–Kier alpha value is -1.72. The number of ether oxygens (including phenoxy) is 1. The average molecular weight is 359 g/mol. The molecule has 5 heteroatoms. The van der Waals surface area contributed by atoms with Crippen molar-refractivity contribution in [2.75, 3.05) is 13.2 Å². The molecule has 2 heterocycles. The molecule has 2 fully saturated rings. The Kier molecular flexibility index (Phi) is 4.61. The Morgan fingerprint density at radius 1 is 1.28 bits per heavy atom. The maximum atomic E-state index is 13.4. The molecule has 1 aliphatic carbocycles. The van der Waals surface area contributed by atoms with Crippen molar-refractivity contribution in [3.63, 3.8) is 0 Å². The molecule has 1 unspecified atom stereocenters. The van der Waals surface area contributed by atoms with Crippen molar-refractivity contribution in [3.8, 4) is 0 Å². The van der Waals surface area contributed by atoms with Crippen LogP contribution in [0.3, 0.4) is 0 Å². The number of benzene rings is 1. The summed E-state index contributed by atoms with van der Waals surface area (Å²) in [5, 5.41) is 4.13. The van der Waals surface area contributed by atoms with E-state index in [-0.39, 0.29) is 17.8 Å². The Balaban J connectivity index is 1.56. The number of carbonyl (C=O) groups is 1. The molecule has 1 aromatic heterocycles. The molecule has 1 aromatic carbocycles. The molecule has 132 valence electrons. The molecule has 1 saturated heterocycles. The van der Waals surface area contributed by atoms with Gasteiger partial charge < -0.3 is 9.64 Å². The van der Waals surface area contributed by atoms with Crippen LogP contribution in [0.25, 0.3) is 0 Å². The van der Waals surface area contributed by atoms with Gasteiger partial charge in [-0.2, -0.15) is 11.3 Å². The van der Waals surface area contributed by atoms with Crippen molar-refractivity contribution >= 4 is 17.2 Å². The van der Waals surface area contributed by atoms with Crippen LogP contribution >= 0.6 is 11.3 Å². The third-order valence-electron chi connectivity index (χ3n) is 5.24. The van der Waals surface area contributed by atoms with Gasteiger partial charge in [-0.25, -0.2) is 4.39 Å². The minimum Gasteiger partial charge on any atom is -0.376 e. The zero-order valence-electron chi connectivity index (χ0n) is 14.1. The van der Waals surface area contributed by atoms with E-state index in [1.54, 1.807) is 23.5 Å². The van der Waals surface area contributed by atoms with Crippen molar-refractivity contribution in [2.24, 2.45) is 0 Å². The van der Waals surface area contributed by atoms with E-state index in [9.17, 15) is 9.18 Å². The number of hydrogen-bond donors (Lipinski definition) is 0. The number of hydrogen-bond acceptors (Lipinski definition) is 3. The Morgan fingerprint density at radius 3 is 2.68 bits per heavy atom. The van der Waals surface area contributed by atoms with Gasteiger partial charge >= 0.3 is 0 Å². The van der Waals surface area contributed by atoms with Gasteiger partial charge in [0.15, 0.2) is 0 Å². The van der Waals surface area contributed by atoms with Crippen LogP contribution < -0.4 is 0 Å². The van der Waals surface area contributed by atoms with E-state index in [1.165, 1.54) is 12.1 Å². The van der Waals surface area contributed by atoms with Gasteiger partial charge in [-0.1, -0.05) is 12.1 Å². The average Bonchev–Trinajstić information content (AvgIpc) is 3.01. The lowest BCUT2D eigenvalue weighted by molar-refractivity contribution is -0.136. The fourth-order valence-electron chi connectivity index (χ4n) is 3.68. The molecule has 0 bridgehead atoms. The van der Waals surface area contributed by atoms with Crippen molar-refractivity contribution in [3.05, 3.63) is 58.0 Å². The minimum absolute atomic E-state index is 0.131. The van der Waals surface area contributed by atoms with Gasteiger partial charge in [-0.05, 0) is 65.8 Å². The maximum absolute atomic E-state index is 13.4. The molecule has 3 nitrogen and oxygen atoms in total. The summed E-state index contributed by atoms with van der Waals surface area (Å²) in [5.74, 6) is -0.109. The fraction of sp³-hybridized carbons (Fsp3) is 0.450. The van der Waals surface area contributed by atoms with Gasteiger partial charge in [-0.3, -0.25) is 4.79 Å². The second kappa shape index (κ2) is 6.89. The summed E-state index contributed by atoms with van der Waals surface area (Å²) < 4.78 is 19.0. The first-order valence-electron chi connectivity index (χ1n) is 8.85. The van der Waals surface area contributed by atoms with Crippen LogP contribution in [-0.2, 0) is 21.5 Å². The van der Waals surface area contributed by atoms with Gasteiger partial charge in [0.2, 0.25) is 5.91 Å². The van der Waals surface area contributed by atoms with E-state index in [0.717, 1.165) is 43.4 Å². The van der Waals surface area contributed by atoms with Gasteiger partial charge in [0.25, 0.3) is 0 Å². The first-order valence-corrected chi connectivity index (χ1v) is 9.80. The lowest BCUT2D eigenvalue weighted by Gasteiger charge is -2.29. The minimum atomic E-state index is -0.470. The van der Waals surface area contributed by atoms with E-state index in [0.29, 0.717) is 13.1 Å². The molecule has 0 radical (unpaired) electrons. The molecule has 2 aromatic rings. The van der Waals surface area contributed by atoms with E-state index >= 15 is 0 Å². The second-order valence-corrected chi connectivity index (χ2v) is 7.82. The zero-order valence-corrected chi connectivity index (χ0v) is 14.9. The smallest absolute Gasteiger partial charge is 0.233 e. The Morgan fingerprint density at radius 2 is 2.08 bits per heavy atom. The van der Waals surface area contributed by atoms with Crippen molar-refractivity contribution in [2.45, 2.75) is 43.7 Å². The summed E-state index contributed by atoms with van der Waals surface area (Å²) in [6, 6.07) is 8.49. The van der Waals surface area contributed by atoms with E-state index < -0.39 is 5.41 Å². The molecule has 1 aliphatic heterocycles. The van der Waals surface area contributed by atoms with E-state index in [1.807, 2.05) is 10.3 Å². The highest BCUT2D eigenvalue weighted by Crippen LogP contribution is 2.50. The predicted octanol–water partition coefficient (Wildman–Crippen LogP) is 4.13.